The summed E-state index contributed by atoms with van der Waals surface area (Å²) in [5.41, 5.74) is 0.462. The van der Waals surface area contributed by atoms with E-state index >= 15 is 0 Å². The van der Waals surface area contributed by atoms with Gasteiger partial charge < -0.3 is 10.1 Å². The summed E-state index contributed by atoms with van der Waals surface area (Å²) in [6.45, 7) is 4.00. The molecule has 1 aromatic carbocycles. The molecule has 1 heterocycles. The highest BCUT2D eigenvalue weighted by Crippen LogP contribution is 2.60. The molecule has 1 fully saturated rings. The molecule has 1 aromatic heterocycles. The van der Waals surface area contributed by atoms with Crippen molar-refractivity contribution in [1.82, 2.24) is 9.97 Å². The summed E-state index contributed by atoms with van der Waals surface area (Å²) < 4.78 is 33.0. The second-order valence-electron chi connectivity index (χ2n) is 7.95. The zero-order chi connectivity index (χ0) is 21.3. The number of hydrogen-bond acceptors (Lipinski definition) is 4. The van der Waals surface area contributed by atoms with Gasteiger partial charge in [0.05, 0.1) is 18.5 Å². The number of aromatic nitrogens is 2. The molecule has 0 saturated heterocycles. The fourth-order valence-corrected chi connectivity index (χ4v) is 4.14. The van der Waals surface area contributed by atoms with E-state index in [1.807, 2.05) is 26.0 Å². The molecule has 1 N–H and O–H groups in total. The van der Waals surface area contributed by atoms with Crippen molar-refractivity contribution < 1.29 is 18.3 Å². The average molecular weight is 411 g/mol. The highest BCUT2D eigenvalue weighted by atomic mass is 19.1. The number of nitrogens with zero attached hydrogens (tertiary/aromatic N) is 2. The summed E-state index contributed by atoms with van der Waals surface area (Å²) in [4.78, 5) is 21.4. The molecule has 5 nitrogen and oxygen atoms in total. The number of halogens is 2. The molecule has 0 spiro atoms. The van der Waals surface area contributed by atoms with Gasteiger partial charge in [-0.3, -0.25) is 4.79 Å². The van der Waals surface area contributed by atoms with E-state index in [9.17, 15) is 13.6 Å². The maximum Gasteiger partial charge on any atom is 0.228 e. The SMILES string of the molecule is Cc1ncc(OC[C@@]2(C3C=CC=CC3)C[C@H]2C(=O)Nc2cc(F)cc(F)c2)c(C)n1. The number of anilines is 1. The Labute approximate surface area is 173 Å². The number of aryl methyl sites for hydroxylation is 2. The van der Waals surface area contributed by atoms with E-state index in [4.69, 9.17) is 4.74 Å². The molecule has 0 radical (unpaired) electrons. The lowest BCUT2D eigenvalue weighted by Crippen LogP contribution is -2.29. The smallest absolute Gasteiger partial charge is 0.228 e. The number of allylic oxidation sites excluding steroid dienone is 4. The molecule has 0 bridgehead atoms. The number of benzene rings is 1. The third-order valence-electron chi connectivity index (χ3n) is 5.83. The van der Waals surface area contributed by atoms with E-state index in [-0.39, 0.29) is 23.4 Å². The van der Waals surface area contributed by atoms with Crippen LogP contribution in [0.3, 0.4) is 0 Å². The Morgan fingerprint density at radius 3 is 2.67 bits per heavy atom. The van der Waals surface area contributed by atoms with Crippen LogP contribution in [-0.4, -0.2) is 22.5 Å². The van der Waals surface area contributed by atoms with Crippen LogP contribution in [0.2, 0.25) is 0 Å². The molecule has 2 aromatic rings. The van der Waals surface area contributed by atoms with Crippen LogP contribution >= 0.6 is 0 Å². The summed E-state index contributed by atoms with van der Waals surface area (Å²) >= 11 is 0. The first kappa shape index (κ1) is 20.2. The quantitative estimate of drug-likeness (QED) is 0.759. The predicted octanol–water partition coefficient (Wildman–Crippen LogP) is 4.53. The van der Waals surface area contributed by atoms with Gasteiger partial charge in [0.25, 0.3) is 0 Å². The van der Waals surface area contributed by atoms with Gasteiger partial charge in [-0.05, 0) is 44.7 Å². The van der Waals surface area contributed by atoms with Crippen molar-refractivity contribution in [1.29, 1.82) is 0 Å². The number of carbonyl (C=O) groups excluding carboxylic acids is 1. The highest BCUT2D eigenvalue weighted by Gasteiger charge is 2.62. The minimum atomic E-state index is -0.731. The van der Waals surface area contributed by atoms with Gasteiger partial charge in [0.15, 0.2) is 5.75 Å². The van der Waals surface area contributed by atoms with Gasteiger partial charge in [0.1, 0.15) is 17.5 Å². The maximum atomic E-state index is 13.5. The van der Waals surface area contributed by atoms with Crippen LogP contribution in [0.15, 0.2) is 48.7 Å². The van der Waals surface area contributed by atoms with Gasteiger partial charge in [-0.2, -0.15) is 0 Å². The first-order valence-corrected chi connectivity index (χ1v) is 9.91. The van der Waals surface area contributed by atoms with Crippen molar-refractivity contribution in [3.05, 3.63) is 71.9 Å². The molecule has 7 heteroatoms. The lowest BCUT2D eigenvalue weighted by atomic mass is 9.82. The zero-order valence-electron chi connectivity index (χ0n) is 16.9. The summed E-state index contributed by atoms with van der Waals surface area (Å²) in [5.74, 6) is -0.652. The van der Waals surface area contributed by atoms with Crippen LogP contribution in [0.25, 0.3) is 0 Å². The standard InChI is InChI=1S/C23H23F2N3O2/c1-14-21(12-26-15(2)27-14)30-13-23(16-6-4-3-5-7-16)11-20(23)22(29)28-19-9-17(24)8-18(25)10-19/h3-6,8-10,12,16,20H,7,11,13H2,1-2H3,(H,28,29)/t16?,20-,23+/m0/s1. The first-order valence-electron chi connectivity index (χ1n) is 9.91. The van der Waals surface area contributed by atoms with Crippen molar-refractivity contribution in [2.75, 3.05) is 11.9 Å². The number of ether oxygens (including phenoxy) is 1. The molecule has 156 valence electrons. The maximum absolute atomic E-state index is 13.5. The van der Waals surface area contributed by atoms with Crippen LogP contribution in [0.4, 0.5) is 14.5 Å². The van der Waals surface area contributed by atoms with Gasteiger partial charge in [-0.15, -0.1) is 0 Å². The molecule has 4 rings (SSSR count). The zero-order valence-corrected chi connectivity index (χ0v) is 16.9. The van der Waals surface area contributed by atoms with Crippen LogP contribution in [0.1, 0.15) is 24.4 Å². The van der Waals surface area contributed by atoms with Gasteiger partial charge in [-0.25, -0.2) is 18.7 Å². The summed E-state index contributed by atoms with van der Waals surface area (Å²) in [6, 6.07) is 2.99. The van der Waals surface area contributed by atoms with E-state index < -0.39 is 17.0 Å². The van der Waals surface area contributed by atoms with Crippen LogP contribution < -0.4 is 10.1 Å². The molecule has 1 unspecified atom stereocenters. The van der Waals surface area contributed by atoms with Gasteiger partial charge in [0.2, 0.25) is 5.91 Å². The normalized spacial score (nSPS) is 24.5. The fraction of sp³-hybridized carbons (Fsp3) is 0.348. The highest BCUT2D eigenvalue weighted by molar-refractivity contribution is 5.95. The second kappa shape index (κ2) is 7.97. The van der Waals surface area contributed by atoms with Crippen molar-refractivity contribution in [3.63, 3.8) is 0 Å². The molecule has 3 atom stereocenters. The minimum Gasteiger partial charge on any atom is -0.489 e. The van der Waals surface area contributed by atoms with E-state index in [1.165, 1.54) is 0 Å². The average Bonchev–Trinajstić information content (AvgIpc) is 3.43. The molecule has 1 amide bonds. The largest absolute Gasteiger partial charge is 0.489 e. The minimum absolute atomic E-state index is 0.112. The van der Waals surface area contributed by atoms with E-state index in [0.717, 1.165) is 30.3 Å². The number of amides is 1. The third-order valence-corrected chi connectivity index (χ3v) is 5.83. The lowest BCUT2D eigenvalue weighted by molar-refractivity contribution is -0.118. The Bertz CT molecular complexity index is 1020. The fourth-order valence-electron chi connectivity index (χ4n) is 4.14. The van der Waals surface area contributed by atoms with Gasteiger partial charge in [0, 0.05) is 23.1 Å². The van der Waals surface area contributed by atoms with Crippen LogP contribution in [-0.2, 0) is 4.79 Å². The lowest BCUT2D eigenvalue weighted by Gasteiger charge is -2.26. The van der Waals surface area contributed by atoms with Crippen LogP contribution in [0, 0.1) is 42.7 Å². The number of carbonyl (C=O) groups is 1. The number of hydrogen-bond donors (Lipinski definition) is 1. The monoisotopic (exact) mass is 411 g/mol. The molecule has 2 aliphatic carbocycles. The Morgan fingerprint density at radius 1 is 1.23 bits per heavy atom. The molecule has 1 saturated carbocycles. The van der Waals surface area contributed by atoms with Gasteiger partial charge >= 0.3 is 0 Å². The molecular weight excluding hydrogens is 388 g/mol. The summed E-state index contributed by atoms with van der Waals surface area (Å²) in [6.07, 6.45) is 11.2. The third kappa shape index (κ3) is 4.10. The van der Waals surface area contributed by atoms with Crippen molar-refractivity contribution in [3.8, 4) is 5.75 Å². The Hall–Kier alpha value is -3.09. The van der Waals surface area contributed by atoms with E-state index in [1.54, 1.807) is 6.20 Å². The first-order chi connectivity index (χ1) is 14.4. The second-order valence-corrected chi connectivity index (χ2v) is 7.95. The topological polar surface area (TPSA) is 64.1 Å². The van der Waals surface area contributed by atoms with Gasteiger partial charge in [-0.1, -0.05) is 24.3 Å². The molecular formula is C23H23F2N3O2. The Balaban J connectivity index is 1.51. The van der Waals surface area contributed by atoms with Crippen molar-refractivity contribution >= 4 is 11.6 Å². The van der Waals surface area contributed by atoms with Crippen molar-refractivity contribution in [2.24, 2.45) is 17.3 Å². The Morgan fingerprint density at radius 2 is 2.00 bits per heavy atom. The number of nitrogens with one attached hydrogen (secondary N) is 1. The molecule has 2 aliphatic rings. The van der Waals surface area contributed by atoms with E-state index in [0.29, 0.717) is 24.6 Å². The number of rotatable bonds is 6. The molecule has 0 aliphatic heterocycles. The van der Waals surface area contributed by atoms with Crippen molar-refractivity contribution in [2.45, 2.75) is 26.7 Å². The summed E-state index contributed by atoms with van der Waals surface area (Å²) in [7, 11) is 0. The van der Waals surface area contributed by atoms with Crippen LogP contribution in [0.5, 0.6) is 5.75 Å². The summed E-state index contributed by atoms with van der Waals surface area (Å²) in [5, 5.41) is 2.66. The van der Waals surface area contributed by atoms with E-state index in [2.05, 4.69) is 27.4 Å². The Kier molecular flexibility index (Phi) is 5.37. The predicted molar refractivity (Wildman–Crippen MR) is 109 cm³/mol. The molecule has 30 heavy (non-hydrogen) atoms.